The number of rotatable bonds is 10. The number of aromatic nitrogens is 1. The number of methoxy groups -OCH3 is 2. The topological polar surface area (TPSA) is 134 Å². The van der Waals surface area contributed by atoms with E-state index in [1.807, 2.05) is 0 Å². The third-order valence-electron chi connectivity index (χ3n) is 7.13. The zero-order valence-electron chi connectivity index (χ0n) is 24.3. The number of esters is 1. The van der Waals surface area contributed by atoms with Gasteiger partial charge in [0, 0.05) is 5.56 Å². The molecule has 2 aromatic carbocycles. The van der Waals surface area contributed by atoms with E-state index in [2.05, 4.69) is 11.9 Å². The van der Waals surface area contributed by atoms with Crippen LogP contribution < -0.4 is 23.8 Å². The molecule has 1 unspecified atom stereocenters. The molecule has 1 atom stereocenters. The van der Waals surface area contributed by atoms with Gasteiger partial charge in [-0.05, 0) is 49.2 Å². The van der Waals surface area contributed by atoms with Gasteiger partial charge in [0.05, 0.1) is 38.1 Å². The summed E-state index contributed by atoms with van der Waals surface area (Å²) in [4.78, 5) is 45.5. The summed E-state index contributed by atoms with van der Waals surface area (Å²) >= 11 is 0.921. The number of Topliss-reactive ketones (excluding diaryl/α,β-unsaturated/α-hetero) is 1. The van der Waals surface area contributed by atoms with E-state index in [1.165, 1.54) is 19.1 Å². The summed E-state index contributed by atoms with van der Waals surface area (Å²) < 4.78 is 27.7. The number of hydrogen-bond donors (Lipinski definition) is 1. The highest BCUT2D eigenvalue weighted by molar-refractivity contribution is 7.17. The smallest absolute Gasteiger partial charge is 0.350 e. The molecule has 0 spiro atoms. The number of nitrogens with zero attached hydrogens (tertiary/aromatic N) is 2. The van der Waals surface area contributed by atoms with Crippen LogP contribution in [0.4, 0.5) is 5.13 Å². The summed E-state index contributed by atoms with van der Waals surface area (Å²) in [5.41, 5.74) is 0.907. The first kappa shape index (κ1) is 29.9. The van der Waals surface area contributed by atoms with Crippen molar-refractivity contribution in [3.05, 3.63) is 63.7 Å². The predicted molar refractivity (Wildman–Crippen MR) is 158 cm³/mol. The molecule has 5 rings (SSSR count). The molecule has 12 heteroatoms. The molecular formula is C31H32N2O9S. The van der Waals surface area contributed by atoms with E-state index in [0.717, 1.165) is 30.6 Å². The van der Waals surface area contributed by atoms with Gasteiger partial charge < -0.3 is 28.8 Å². The monoisotopic (exact) mass is 608 g/mol. The number of carbonyl (C=O) groups excluding carboxylic acids is 3. The normalized spacial score (nSPS) is 17.2. The number of ether oxygens (including phenoxy) is 5. The number of amides is 1. The van der Waals surface area contributed by atoms with Gasteiger partial charge in [-0.15, -0.1) is 0 Å². The van der Waals surface area contributed by atoms with Gasteiger partial charge in [0.1, 0.15) is 23.9 Å². The van der Waals surface area contributed by atoms with Gasteiger partial charge in [-0.1, -0.05) is 37.2 Å². The minimum atomic E-state index is -1.10. The summed E-state index contributed by atoms with van der Waals surface area (Å²) in [6, 6.07) is 8.76. The van der Waals surface area contributed by atoms with Crippen LogP contribution in [-0.2, 0) is 14.3 Å². The van der Waals surface area contributed by atoms with E-state index >= 15 is 0 Å². The molecule has 3 aromatic rings. The average Bonchev–Trinajstić information content (AvgIpc) is 3.54. The lowest BCUT2D eigenvalue weighted by molar-refractivity contribution is -0.132. The molecule has 11 nitrogen and oxygen atoms in total. The Bertz CT molecular complexity index is 1600. The molecule has 226 valence electrons. The number of fused-ring (bicyclic) bond motifs is 1. The third-order valence-corrected chi connectivity index (χ3v) is 8.27. The SMILES string of the molecule is CCCCCOc1ccc(C2/C(=C(\O)c3ccc4c(c3)OCCO4)C(=O)C(=O)N2c2nc(C)c(C(=O)OC)s2)cc1OC. The van der Waals surface area contributed by atoms with E-state index in [-0.39, 0.29) is 21.1 Å². The second-order valence-corrected chi connectivity index (χ2v) is 10.9. The number of carbonyl (C=O) groups is 3. The second kappa shape index (κ2) is 12.7. The highest BCUT2D eigenvalue weighted by atomic mass is 32.1. The standard InChI is InChI=1S/C31H32N2O9S/c1-5-6-7-12-40-20-10-8-18(15-22(20)38-3)25-24(26(34)19-9-11-21-23(16-19)42-14-13-41-21)27(35)29(36)33(25)31-32-17(2)28(43-31)30(37)39-4/h8-11,15-16,25,34H,5-7,12-14H2,1-4H3/b26-24+. The molecule has 1 N–H and O–H groups in total. The van der Waals surface area contributed by atoms with E-state index < -0.39 is 29.5 Å². The van der Waals surface area contributed by atoms with E-state index in [1.54, 1.807) is 43.3 Å². The Hall–Kier alpha value is -4.58. The van der Waals surface area contributed by atoms with Crippen LogP contribution in [-0.4, -0.2) is 61.8 Å². The van der Waals surface area contributed by atoms with Crippen LogP contribution in [0.3, 0.4) is 0 Å². The Labute approximate surface area is 252 Å². The number of aliphatic hydroxyl groups is 1. The predicted octanol–water partition coefficient (Wildman–Crippen LogP) is 5.21. The quantitative estimate of drug-likeness (QED) is 0.107. The molecule has 1 aromatic heterocycles. The summed E-state index contributed by atoms with van der Waals surface area (Å²) in [5, 5.41) is 11.7. The number of hydrogen-bond acceptors (Lipinski definition) is 11. The van der Waals surface area contributed by atoms with Crippen LogP contribution in [0.15, 0.2) is 42.0 Å². The summed E-state index contributed by atoms with van der Waals surface area (Å²) in [6.07, 6.45) is 2.95. The van der Waals surface area contributed by atoms with Gasteiger partial charge in [-0.25, -0.2) is 9.78 Å². The minimum Gasteiger partial charge on any atom is -0.507 e. The number of thiazole rings is 1. The lowest BCUT2D eigenvalue weighted by Gasteiger charge is -2.24. The van der Waals surface area contributed by atoms with Crippen molar-refractivity contribution in [3.8, 4) is 23.0 Å². The summed E-state index contributed by atoms with van der Waals surface area (Å²) in [6.45, 7) is 4.95. The Morgan fingerprint density at radius 3 is 2.56 bits per heavy atom. The van der Waals surface area contributed by atoms with Crippen molar-refractivity contribution < 1.29 is 43.2 Å². The fraction of sp³-hybridized carbons (Fsp3) is 0.355. The van der Waals surface area contributed by atoms with E-state index in [9.17, 15) is 19.5 Å². The van der Waals surface area contributed by atoms with Crippen LogP contribution in [0.2, 0.25) is 0 Å². The Balaban J connectivity index is 1.64. The van der Waals surface area contributed by atoms with Crippen molar-refractivity contribution in [2.24, 2.45) is 0 Å². The van der Waals surface area contributed by atoms with Gasteiger partial charge >= 0.3 is 11.9 Å². The van der Waals surface area contributed by atoms with Gasteiger partial charge in [0.15, 0.2) is 28.1 Å². The largest absolute Gasteiger partial charge is 0.507 e. The molecule has 0 bridgehead atoms. The minimum absolute atomic E-state index is 0.102. The Kier molecular flexibility index (Phi) is 8.86. The van der Waals surface area contributed by atoms with Crippen LogP contribution in [0, 0.1) is 6.92 Å². The van der Waals surface area contributed by atoms with E-state index in [4.69, 9.17) is 23.7 Å². The number of aliphatic hydroxyl groups excluding tert-OH is 1. The number of unbranched alkanes of at least 4 members (excludes halogenated alkanes) is 2. The van der Waals surface area contributed by atoms with Crippen molar-refractivity contribution in [1.82, 2.24) is 4.98 Å². The molecule has 1 saturated heterocycles. The van der Waals surface area contributed by atoms with Crippen LogP contribution >= 0.6 is 11.3 Å². The first-order chi connectivity index (χ1) is 20.8. The van der Waals surface area contributed by atoms with Crippen LogP contribution in [0.25, 0.3) is 5.76 Å². The van der Waals surface area contributed by atoms with Gasteiger partial charge in [0.2, 0.25) is 0 Å². The summed E-state index contributed by atoms with van der Waals surface area (Å²) in [5.74, 6) is -1.02. The van der Waals surface area contributed by atoms with Crippen molar-refractivity contribution in [1.29, 1.82) is 0 Å². The van der Waals surface area contributed by atoms with Crippen LogP contribution in [0.1, 0.15) is 58.7 Å². The van der Waals surface area contributed by atoms with Gasteiger partial charge in [-0.3, -0.25) is 14.5 Å². The molecule has 0 aliphatic carbocycles. The van der Waals surface area contributed by atoms with Crippen molar-refractivity contribution in [2.75, 3.05) is 38.9 Å². The zero-order valence-corrected chi connectivity index (χ0v) is 25.1. The highest BCUT2D eigenvalue weighted by Gasteiger charge is 2.48. The zero-order chi connectivity index (χ0) is 30.7. The molecule has 2 aliphatic heterocycles. The molecule has 0 radical (unpaired) electrons. The van der Waals surface area contributed by atoms with E-state index in [0.29, 0.717) is 54.1 Å². The number of benzene rings is 2. The molecule has 1 amide bonds. The average molecular weight is 609 g/mol. The first-order valence-electron chi connectivity index (χ1n) is 13.9. The van der Waals surface area contributed by atoms with Gasteiger partial charge in [0.25, 0.3) is 5.78 Å². The third kappa shape index (κ3) is 5.74. The summed E-state index contributed by atoms with van der Waals surface area (Å²) in [7, 11) is 2.75. The molecule has 3 heterocycles. The maximum absolute atomic E-state index is 13.6. The fourth-order valence-corrected chi connectivity index (χ4v) is 5.98. The van der Waals surface area contributed by atoms with Gasteiger partial charge in [-0.2, -0.15) is 0 Å². The Morgan fingerprint density at radius 1 is 1.07 bits per heavy atom. The lowest BCUT2D eigenvalue weighted by atomic mass is 9.95. The highest BCUT2D eigenvalue weighted by Crippen LogP contribution is 2.46. The number of ketones is 1. The van der Waals surface area contributed by atoms with Crippen molar-refractivity contribution >= 4 is 39.9 Å². The first-order valence-corrected chi connectivity index (χ1v) is 14.7. The second-order valence-electron chi connectivity index (χ2n) is 9.90. The Morgan fingerprint density at radius 2 is 1.84 bits per heavy atom. The van der Waals surface area contributed by atoms with Crippen molar-refractivity contribution in [2.45, 2.75) is 39.2 Å². The molecule has 0 saturated carbocycles. The number of aryl methyl sites for hydroxylation is 1. The van der Waals surface area contributed by atoms with Crippen molar-refractivity contribution in [3.63, 3.8) is 0 Å². The molecule has 1 fully saturated rings. The fourth-order valence-electron chi connectivity index (χ4n) is 4.97. The number of anilines is 1. The maximum Gasteiger partial charge on any atom is 0.350 e. The molecule has 43 heavy (non-hydrogen) atoms. The lowest BCUT2D eigenvalue weighted by Crippen LogP contribution is -2.29. The van der Waals surface area contributed by atoms with Crippen LogP contribution in [0.5, 0.6) is 23.0 Å². The molecule has 2 aliphatic rings. The maximum atomic E-state index is 13.6. The molecular weight excluding hydrogens is 576 g/mol.